The highest BCUT2D eigenvalue weighted by molar-refractivity contribution is 6.31. The number of alkyl halides is 3. The maximum Gasteiger partial charge on any atom is 0.417 e. The van der Waals surface area contributed by atoms with Crippen LogP contribution in [0.5, 0.6) is 0 Å². The summed E-state index contributed by atoms with van der Waals surface area (Å²) in [6.07, 6.45) is -0.0462. The lowest BCUT2D eigenvalue weighted by molar-refractivity contribution is -0.137. The van der Waals surface area contributed by atoms with Gasteiger partial charge >= 0.3 is 6.18 Å². The van der Waals surface area contributed by atoms with Crippen LogP contribution in [0.25, 0.3) is 0 Å². The van der Waals surface area contributed by atoms with Gasteiger partial charge in [-0.05, 0) is 73.2 Å². The third-order valence-electron chi connectivity index (χ3n) is 8.17. The summed E-state index contributed by atoms with van der Waals surface area (Å²) in [7, 11) is 0. The SMILES string of the molecule is C[C@@H]1C[C@H](C(=O)Nc2ccc(Cl)c(C(F)(F)F)c2)[C@H](c2ccc(NC3CCCC3)cc2)N(C(=O)c2c(F)cccc2F)C1. The first-order chi connectivity index (χ1) is 20.4. The lowest BCUT2D eigenvalue weighted by Gasteiger charge is -2.43. The van der Waals surface area contributed by atoms with E-state index in [0.29, 0.717) is 11.6 Å². The van der Waals surface area contributed by atoms with Crippen LogP contribution in [0, 0.1) is 23.5 Å². The van der Waals surface area contributed by atoms with E-state index in [1.54, 1.807) is 19.1 Å². The van der Waals surface area contributed by atoms with Gasteiger partial charge in [0.1, 0.15) is 17.2 Å². The lowest BCUT2D eigenvalue weighted by atomic mass is 9.79. The molecule has 1 aliphatic heterocycles. The quantitative estimate of drug-likeness (QED) is 0.272. The van der Waals surface area contributed by atoms with Gasteiger partial charge in [0.15, 0.2) is 0 Å². The number of benzene rings is 3. The number of likely N-dealkylation sites (tertiary alicyclic amines) is 1. The van der Waals surface area contributed by atoms with E-state index in [1.165, 1.54) is 11.0 Å². The number of piperidine rings is 1. The molecule has 3 aromatic rings. The number of hydrogen-bond acceptors (Lipinski definition) is 3. The molecule has 0 radical (unpaired) electrons. The smallest absolute Gasteiger partial charge is 0.382 e. The van der Waals surface area contributed by atoms with Gasteiger partial charge in [-0.15, -0.1) is 0 Å². The molecule has 3 atom stereocenters. The highest BCUT2D eigenvalue weighted by Crippen LogP contribution is 2.42. The Morgan fingerprint density at radius 2 is 1.56 bits per heavy atom. The molecular weight excluding hydrogens is 589 g/mol. The summed E-state index contributed by atoms with van der Waals surface area (Å²) in [6, 6.07) is 12.8. The third kappa shape index (κ3) is 6.79. The Bertz CT molecular complexity index is 1470. The molecule has 2 fully saturated rings. The summed E-state index contributed by atoms with van der Waals surface area (Å²) in [5.74, 6) is -4.80. The summed E-state index contributed by atoms with van der Waals surface area (Å²) in [5, 5.41) is 5.53. The van der Waals surface area contributed by atoms with E-state index >= 15 is 0 Å². The Balaban J connectivity index is 1.51. The zero-order chi connectivity index (χ0) is 30.9. The van der Waals surface area contributed by atoms with Crippen LogP contribution in [0.4, 0.5) is 33.3 Å². The number of nitrogens with zero attached hydrogens (tertiary/aromatic N) is 1. The molecule has 228 valence electrons. The molecule has 5 rings (SSSR count). The molecule has 1 saturated heterocycles. The lowest BCUT2D eigenvalue weighted by Crippen LogP contribution is -2.49. The molecule has 2 amide bonds. The zero-order valence-corrected chi connectivity index (χ0v) is 24.1. The van der Waals surface area contributed by atoms with Crippen molar-refractivity contribution in [3.63, 3.8) is 0 Å². The second-order valence-corrected chi connectivity index (χ2v) is 11.8. The standard InChI is InChI=1S/C32H31ClF5N3O2/c1-18-15-23(30(42)40-22-13-14-25(33)24(16-22)32(36,37)38)29(19-9-11-21(12-10-19)39-20-5-2-3-6-20)41(17-18)31(43)28-26(34)7-4-8-27(28)35/h4,7-14,16,18,20,23,29,39H,2-3,5-6,15,17H2,1H3,(H,40,42)/t18-,23+,29+/m1/s1. The van der Waals surface area contributed by atoms with E-state index in [1.807, 2.05) is 12.1 Å². The number of hydrogen-bond donors (Lipinski definition) is 2. The summed E-state index contributed by atoms with van der Waals surface area (Å²) in [5.41, 5.74) is -0.528. The topological polar surface area (TPSA) is 61.4 Å². The maximum absolute atomic E-state index is 14.8. The highest BCUT2D eigenvalue weighted by atomic mass is 35.5. The number of carbonyl (C=O) groups is 2. The fourth-order valence-corrected chi connectivity index (χ4v) is 6.38. The Hall–Kier alpha value is -3.66. The molecule has 0 bridgehead atoms. The van der Waals surface area contributed by atoms with Crippen LogP contribution in [0.1, 0.15) is 66.6 Å². The molecule has 1 saturated carbocycles. The Labute approximate surface area is 251 Å². The van der Waals surface area contributed by atoms with Crippen molar-refractivity contribution < 1.29 is 31.5 Å². The van der Waals surface area contributed by atoms with E-state index in [9.17, 15) is 31.5 Å². The molecule has 43 heavy (non-hydrogen) atoms. The van der Waals surface area contributed by atoms with Crippen LogP contribution >= 0.6 is 11.6 Å². The predicted molar refractivity (Wildman–Crippen MR) is 155 cm³/mol. The van der Waals surface area contributed by atoms with Gasteiger partial charge in [-0.25, -0.2) is 8.78 Å². The van der Waals surface area contributed by atoms with E-state index < -0.39 is 57.7 Å². The van der Waals surface area contributed by atoms with Crippen molar-refractivity contribution in [2.75, 3.05) is 17.2 Å². The molecule has 3 aromatic carbocycles. The first kappa shape index (κ1) is 30.8. The van der Waals surface area contributed by atoms with Crippen LogP contribution in [-0.2, 0) is 11.0 Å². The average Bonchev–Trinajstić information content (AvgIpc) is 3.46. The Kier molecular flexibility index (Phi) is 8.96. The van der Waals surface area contributed by atoms with Gasteiger partial charge in [-0.2, -0.15) is 13.2 Å². The number of carbonyl (C=O) groups excluding carboxylic acids is 2. The van der Waals surface area contributed by atoms with Crippen LogP contribution in [0.2, 0.25) is 5.02 Å². The van der Waals surface area contributed by atoms with Crippen LogP contribution in [0.15, 0.2) is 60.7 Å². The monoisotopic (exact) mass is 619 g/mol. The fourth-order valence-electron chi connectivity index (χ4n) is 6.16. The molecule has 2 N–H and O–H groups in total. The molecule has 5 nitrogen and oxygen atoms in total. The van der Waals surface area contributed by atoms with E-state index in [0.717, 1.165) is 61.7 Å². The number of anilines is 2. The van der Waals surface area contributed by atoms with Crippen molar-refractivity contribution >= 4 is 34.8 Å². The first-order valence-corrected chi connectivity index (χ1v) is 14.6. The highest BCUT2D eigenvalue weighted by Gasteiger charge is 2.43. The van der Waals surface area contributed by atoms with Gasteiger partial charge in [0.2, 0.25) is 5.91 Å². The van der Waals surface area contributed by atoms with Crippen molar-refractivity contribution in [1.82, 2.24) is 4.90 Å². The normalized spacial score (nSPS) is 21.1. The minimum Gasteiger partial charge on any atom is -0.382 e. The minimum absolute atomic E-state index is 0.113. The Morgan fingerprint density at radius 3 is 2.19 bits per heavy atom. The summed E-state index contributed by atoms with van der Waals surface area (Å²) >= 11 is 5.75. The van der Waals surface area contributed by atoms with E-state index in [2.05, 4.69) is 10.6 Å². The zero-order valence-electron chi connectivity index (χ0n) is 23.4. The summed E-state index contributed by atoms with van der Waals surface area (Å²) in [6.45, 7) is 1.91. The van der Waals surface area contributed by atoms with Crippen molar-refractivity contribution in [3.05, 3.63) is 94.0 Å². The van der Waals surface area contributed by atoms with Gasteiger partial charge in [0.25, 0.3) is 5.91 Å². The van der Waals surface area contributed by atoms with Crippen molar-refractivity contribution in [2.45, 2.75) is 57.3 Å². The van der Waals surface area contributed by atoms with Gasteiger partial charge < -0.3 is 15.5 Å². The fraction of sp³-hybridized carbons (Fsp3) is 0.375. The molecule has 0 unspecified atom stereocenters. The third-order valence-corrected chi connectivity index (χ3v) is 8.50. The van der Waals surface area contributed by atoms with Crippen molar-refractivity contribution in [3.8, 4) is 0 Å². The average molecular weight is 620 g/mol. The van der Waals surface area contributed by atoms with Gasteiger partial charge in [-0.1, -0.05) is 49.6 Å². The molecular formula is C32H31ClF5N3O2. The molecule has 2 aliphatic rings. The van der Waals surface area contributed by atoms with Gasteiger partial charge in [0, 0.05) is 24.0 Å². The maximum atomic E-state index is 14.8. The summed E-state index contributed by atoms with van der Waals surface area (Å²) in [4.78, 5) is 28.8. The van der Waals surface area contributed by atoms with Crippen molar-refractivity contribution in [1.29, 1.82) is 0 Å². The molecule has 11 heteroatoms. The van der Waals surface area contributed by atoms with Crippen LogP contribution in [0.3, 0.4) is 0 Å². The number of halogens is 6. The van der Waals surface area contributed by atoms with E-state index in [-0.39, 0.29) is 24.6 Å². The molecule has 1 aliphatic carbocycles. The second-order valence-electron chi connectivity index (χ2n) is 11.4. The van der Waals surface area contributed by atoms with Crippen LogP contribution < -0.4 is 10.6 Å². The molecule has 0 spiro atoms. The van der Waals surface area contributed by atoms with Crippen molar-refractivity contribution in [2.24, 2.45) is 11.8 Å². The number of amides is 2. The largest absolute Gasteiger partial charge is 0.417 e. The minimum atomic E-state index is -4.74. The van der Waals surface area contributed by atoms with Gasteiger partial charge in [0.05, 0.1) is 22.5 Å². The number of rotatable bonds is 6. The second kappa shape index (κ2) is 12.5. The first-order valence-electron chi connectivity index (χ1n) is 14.2. The number of nitrogens with one attached hydrogen (secondary N) is 2. The van der Waals surface area contributed by atoms with E-state index in [4.69, 9.17) is 11.6 Å². The van der Waals surface area contributed by atoms with Crippen LogP contribution in [-0.4, -0.2) is 29.3 Å². The molecule has 0 aromatic heterocycles. The Morgan fingerprint density at radius 1 is 0.930 bits per heavy atom. The predicted octanol–water partition coefficient (Wildman–Crippen LogP) is 8.47. The summed E-state index contributed by atoms with van der Waals surface area (Å²) < 4.78 is 69.9. The molecule has 1 heterocycles. The van der Waals surface area contributed by atoms with Gasteiger partial charge in [-0.3, -0.25) is 9.59 Å².